The summed E-state index contributed by atoms with van der Waals surface area (Å²) in [6.07, 6.45) is -3.06. The van der Waals surface area contributed by atoms with Crippen LogP contribution in [0.2, 0.25) is 5.02 Å². The van der Waals surface area contributed by atoms with Crippen molar-refractivity contribution in [3.05, 3.63) is 70.0 Å². The Morgan fingerprint density at radius 3 is 2.36 bits per heavy atom. The lowest BCUT2D eigenvalue weighted by Gasteiger charge is -2.42. The number of hydrogen-bond donors (Lipinski definition) is 1. The van der Waals surface area contributed by atoms with Crippen molar-refractivity contribution in [2.75, 3.05) is 32.7 Å². The van der Waals surface area contributed by atoms with Gasteiger partial charge in [-0.1, -0.05) is 29.8 Å². The van der Waals surface area contributed by atoms with Crippen molar-refractivity contribution in [1.82, 2.24) is 18.8 Å². The molecule has 3 aliphatic heterocycles. The standard InChI is InChI=1S/C29H33ClF4N4O5S/c30-23-9-5-19(6-10-23)18-43-24-16-37(17-24)44(41,42)36-11-1-3-21(15-36)28(40)38-12-2-4-26(38)27(39)35-14-20-7-8-22(13-25(20)31)29(32,33)34/h5-10,13,21,24,26H,1-4,11-12,14-18H2,(H,35,39)/t21-,26+/m0/s1. The molecule has 1 N–H and O–H groups in total. The first-order valence-corrected chi connectivity index (χ1v) is 16.2. The molecule has 2 amide bonds. The van der Waals surface area contributed by atoms with Gasteiger partial charge in [-0.25, -0.2) is 4.39 Å². The Morgan fingerprint density at radius 1 is 0.977 bits per heavy atom. The highest BCUT2D eigenvalue weighted by Crippen LogP contribution is 2.31. The van der Waals surface area contributed by atoms with E-state index in [1.807, 2.05) is 12.1 Å². The first kappa shape index (κ1) is 32.6. The number of carbonyl (C=O) groups excluding carboxylic acids is 2. The Kier molecular flexibility index (Phi) is 9.85. The third-order valence-corrected chi connectivity index (χ3v) is 10.5. The Labute approximate surface area is 258 Å². The molecule has 3 aliphatic rings. The Hall–Kier alpha value is -2.78. The van der Waals surface area contributed by atoms with Crippen molar-refractivity contribution in [3.8, 4) is 0 Å². The van der Waals surface area contributed by atoms with Gasteiger partial charge in [0, 0.05) is 49.9 Å². The number of rotatable bonds is 9. The van der Waals surface area contributed by atoms with Crippen LogP contribution in [-0.2, 0) is 43.9 Å². The van der Waals surface area contributed by atoms with Crippen LogP contribution in [-0.4, -0.2) is 78.6 Å². The third kappa shape index (κ3) is 7.36. The number of hydrogen-bond acceptors (Lipinski definition) is 5. The van der Waals surface area contributed by atoms with Crippen LogP contribution in [0.1, 0.15) is 42.4 Å². The number of amides is 2. The minimum atomic E-state index is -4.69. The van der Waals surface area contributed by atoms with Crippen LogP contribution in [0.25, 0.3) is 0 Å². The van der Waals surface area contributed by atoms with Crippen molar-refractivity contribution in [3.63, 3.8) is 0 Å². The first-order chi connectivity index (χ1) is 20.8. The lowest BCUT2D eigenvalue weighted by molar-refractivity contribution is -0.142. The minimum absolute atomic E-state index is 0.00440. The summed E-state index contributed by atoms with van der Waals surface area (Å²) >= 11 is 5.90. The average Bonchev–Trinajstić information content (AvgIpc) is 3.46. The lowest BCUT2D eigenvalue weighted by atomic mass is 9.97. The summed E-state index contributed by atoms with van der Waals surface area (Å²) in [5, 5.41) is 3.15. The van der Waals surface area contributed by atoms with E-state index in [9.17, 15) is 35.6 Å². The van der Waals surface area contributed by atoms with E-state index >= 15 is 0 Å². The van der Waals surface area contributed by atoms with Gasteiger partial charge >= 0.3 is 6.18 Å². The van der Waals surface area contributed by atoms with Crippen molar-refractivity contribution in [2.24, 2.45) is 5.92 Å². The van der Waals surface area contributed by atoms with Gasteiger partial charge in [-0.2, -0.15) is 30.2 Å². The van der Waals surface area contributed by atoms with E-state index in [4.69, 9.17) is 16.3 Å². The largest absolute Gasteiger partial charge is 0.416 e. The maximum Gasteiger partial charge on any atom is 0.416 e. The average molecular weight is 661 g/mol. The lowest BCUT2D eigenvalue weighted by Crippen LogP contribution is -2.60. The summed E-state index contributed by atoms with van der Waals surface area (Å²) < 4.78 is 87.8. The molecule has 3 heterocycles. The second kappa shape index (κ2) is 13.3. The molecule has 5 rings (SSSR count). The van der Waals surface area contributed by atoms with Crippen LogP contribution in [0.5, 0.6) is 0 Å². The van der Waals surface area contributed by atoms with E-state index in [0.29, 0.717) is 49.9 Å². The number of likely N-dealkylation sites (tertiary alicyclic amines) is 1. The summed E-state index contributed by atoms with van der Waals surface area (Å²) in [5.41, 5.74) is -0.315. The second-order valence-corrected chi connectivity index (χ2v) is 13.7. The molecule has 3 fully saturated rings. The summed E-state index contributed by atoms with van der Waals surface area (Å²) in [6.45, 7) is 0.999. The molecule has 3 saturated heterocycles. The van der Waals surface area contributed by atoms with Crippen molar-refractivity contribution in [2.45, 2.75) is 57.2 Å². The topological polar surface area (TPSA) is 99.3 Å². The molecule has 2 atom stereocenters. The maximum atomic E-state index is 14.2. The minimum Gasteiger partial charge on any atom is -0.371 e. The van der Waals surface area contributed by atoms with E-state index in [0.717, 1.165) is 17.7 Å². The fourth-order valence-corrected chi connectivity index (χ4v) is 7.60. The SMILES string of the molecule is O=C(NCc1ccc(C(F)(F)F)cc1F)[C@H]1CCCN1C(=O)[C@H]1CCCN(S(=O)(=O)N2CC(OCc3ccc(Cl)cc3)C2)C1. The van der Waals surface area contributed by atoms with E-state index in [2.05, 4.69) is 5.32 Å². The molecule has 0 radical (unpaired) electrons. The molecule has 44 heavy (non-hydrogen) atoms. The fourth-order valence-electron chi connectivity index (χ4n) is 5.71. The molecule has 0 unspecified atom stereocenters. The highest BCUT2D eigenvalue weighted by atomic mass is 35.5. The molecule has 0 bridgehead atoms. The van der Waals surface area contributed by atoms with Gasteiger partial charge in [0.2, 0.25) is 11.8 Å². The van der Waals surface area contributed by atoms with Gasteiger partial charge in [0.05, 0.1) is 24.2 Å². The molecule has 0 spiro atoms. The number of alkyl halides is 3. The van der Waals surface area contributed by atoms with Gasteiger partial charge in [-0.05, 0) is 55.5 Å². The van der Waals surface area contributed by atoms with Gasteiger partial charge in [0.15, 0.2) is 0 Å². The van der Waals surface area contributed by atoms with Crippen LogP contribution in [0, 0.1) is 11.7 Å². The molecule has 240 valence electrons. The van der Waals surface area contributed by atoms with Gasteiger partial charge in [0.1, 0.15) is 11.9 Å². The molecular formula is C29H33ClF4N4O5S. The Morgan fingerprint density at radius 2 is 1.68 bits per heavy atom. The zero-order valence-corrected chi connectivity index (χ0v) is 25.3. The zero-order chi connectivity index (χ0) is 31.6. The number of benzene rings is 2. The second-order valence-electron chi connectivity index (χ2n) is 11.3. The molecule has 0 saturated carbocycles. The van der Waals surface area contributed by atoms with Crippen molar-refractivity contribution in [1.29, 1.82) is 0 Å². The number of carbonyl (C=O) groups is 2. The predicted octanol–water partition coefficient (Wildman–Crippen LogP) is 3.96. The molecule has 2 aromatic rings. The van der Waals surface area contributed by atoms with Crippen LogP contribution in [0.4, 0.5) is 17.6 Å². The Balaban J connectivity index is 1.12. The smallest absolute Gasteiger partial charge is 0.371 e. The van der Waals surface area contributed by atoms with E-state index in [-0.39, 0.29) is 50.3 Å². The number of ether oxygens (including phenoxy) is 1. The fraction of sp³-hybridized carbons (Fsp3) is 0.517. The van der Waals surface area contributed by atoms with Gasteiger partial charge in [-0.15, -0.1) is 0 Å². The van der Waals surface area contributed by atoms with Gasteiger partial charge in [0.25, 0.3) is 10.2 Å². The van der Waals surface area contributed by atoms with Crippen LogP contribution in [0.3, 0.4) is 0 Å². The molecule has 0 aromatic heterocycles. The van der Waals surface area contributed by atoms with Crippen molar-refractivity contribution >= 4 is 33.6 Å². The monoisotopic (exact) mass is 660 g/mol. The van der Waals surface area contributed by atoms with E-state index in [1.54, 1.807) is 12.1 Å². The zero-order valence-electron chi connectivity index (χ0n) is 23.7. The van der Waals surface area contributed by atoms with Crippen LogP contribution >= 0.6 is 11.6 Å². The van der Waals surface area contributed by atoms with E-state index < -0.39 is 45.6 Å². The van der Waals surface area contributed by atoms with Crippen LogP contribution < -0.4 is 5.32 Å². The highest BCUT2D eigenvalue weighted by Gasteiger charge is 2.44. The van der Waals surface area contributed by atoms with Gasteiger partial charge < -0.3 is 15.0 Å². The molecule has 2 aromatic carbocycles. The molecule has 9 nitrogen and oxygen atoms in total. The molecule has 0 aliphatic carbocycles. The normalized spacial score (nSPS) is 22.2. The maximum absolute atomic E-state index is 14.2. The predicted molar refractivity (Wildman–Crippen MR) is 153 cm³/mol. The highest BCUT2D eigenvalue weighted by molar-refractivity contribution is 7.86. The number of nitrogens with zero attached hydrogens (tertiary/aromatic N) is 3. The summed E-state index contributed by atoms with van der Waals surface area (Å²) in [4.78, 5) is 27.9. The van der Waals surface area contributed by atoms with Crippen LogP contribution in [0.15, 0.2) is 42.5 Å². The Bertz CT molecular complexity index is 1470. The summed E-state index contributed by atoms with van der Waals surface area (Å²) in [6, 6.07) is 8.46. The number of halogens is 5. The third-order valence-electron chi connectivity index (χ3n) is 8.27. The molecular weight excluding hydrogens is 628 g/mol. The van der Waals surface area contributed by atoms with Gasteiger partial charge in [-0.3, -0.25) is 9.59 Å². The number of piperidine rings is 1. The first-order valence-electron chi connectivity index (χ1n) is 14.4. The number of nitrogens with one attached hydrogen (secondary N) is 1. The molecule has 15 heteroatoms. The van der Waals surface area contributed by atoms with Crippen molar-refractivity contribution < 1.29 is 40.3 Å². The summed E-state index contributed by atoms with van der Waals surface area (Å²) in [7, 11) is -3.81. The quantitative estimate of drug-likeness (QED) is 0.411. The van der Waals surface area contributed by atoms with E-state index in [1.165, 1.54) is 13.5 Å². The summed E-state index contributed by atoms with van der Waals surface area (Å²) in [5.74, 6) is -2.58.